The Hall–Kier alpha value is -0.850. The van der Waals surface area contributed by atoms with Crippen LogP contribution in [-0.2, 0) is 4.74 Å². The SMILES string of the molecule is COCC(C)N=C(NN)N1CCN(C)CC1. The van der Waals surface area contributed by atoms with Crippen molar-refractivity contribution in [3.8, 4) is 0 Å². The average Bonchev–Trinajstić information content (AvgIpc) is 2.27. The second kappa shape index (κ2) is 6.67. The Morgan fingerprint density at radius 2 is 2.06 bits per heavy atom. The van der Waals surface area contributed by atoms with Gasteiger partial charge in [0.2, 0.25) is 5.96 Å². The molecule has 1 saturated heterocycles. The fourth-order valence-electron chi connectivity index (χ4n) is 1.72. The van der Waals surface area contributed by atoms with Crippen molar-refractivity contribution in [3.63, 3.8) is 0 Å². The normalized spacial score (nSPS) is 21.0. The van der Waals surface area contributed by atoms with Gasteiger partial charge in [0.1, 0.15) is 0 Å². The number of ether oxygens (including phenoxy) is 1. The van der Waals surface area contributed by atoms with E-state index in [2.05, 4.69) is 27.3 Å². The minimum absolute atomic E-state index is 0.121. The van der Waals surface area contributed by atoms with E-state index < -0.39 is 0 Å². The molecule has 0 aliphatic carbocycles. The quantitative estimate of drug-likeness (QED) is 0.284. The molecule has 6 nitrogen and oxygen atoms in total. The van der Waals surface area contributed by atoms with Crippen molar-refractivity contribution in [2.75, 3.05) is 46.9 Å². The van der Waals surface area contributed by atoms with Crippen molar-refractivity contribution in [3.05, 3.63) is 0 Å². The molecule has 6 heteroatoms. The zero-order valence-corrected chi connectivity index (χ0v) is 10.4. The highest BCUT2D eigenvalue weighted by atomic mass is 16.5. The number of likely N-dealkylation sites (N-methyl/N-ethyl adjacent to an activating group) is 1. The highest BCUT2D eigenvalue weighted by molar-refractivity contribution is 5.79. The van der Waals surface area contributed by atoms with Gasteiger partial charge in [0.15, 0.2) is 0 Å². The molecule has 0 spiro atoms. The lowest BCUT2D eigenvalue weighted by Gasteiger charge is -2.34. The summed E-state index contributed by atoms with van der Waals surface area (Å²) in [6.07, 6.45) is 0. The van der Waals surface area contributed by atoms with E-state index in [1.807, 2.05) is 6.92 Å². The van der Waals surface area contributed by atoms with Crippen molar-refractivity contribution in [1.29, 1.82) is 0 Å². The van der Waals surface area contributed by atoms with Crippen LogP contribution in [0.1, 0.15) is 6.92 Å². The Kier molecular flexibility index (Phi) is 5.51. The fourth-order valence-corrected chi connectivity index (χ4v) is 1.72. The predicted octanol–water partition coefficient (Wildman–Crippen LogP) is -0.912. The molecule has 1 atom stereocenters. The lowest BCUT2D eigenvalue weighted by Crippen LogP contribution is -2.53. The van der Waals surface area contributed by atoms with Gasteiger partial charge in [0.05, 0.1) is 12.6 Å². The number of hydrogen-bond donors (Lipinski definition) is 2. The largest absolute Gasteiger partial charge is 0.382 e. The van der Waals surface area contributed by atoms with Gasteiger partial charge in [0, 0.05) is 33.3 Å². The minimum Gasteiger partial charge on any atom is -0.382 e. The standard InChI is InChI=1S/C10H23N5O/c1-9(8-16-3)12-10(13-11)15-6-4-14(2)5-7-15/h9H,4-8,11H2,1-3H3,(H,12,13). The van der Waals surface area contributed by atoms with Crippen LogP contribution < -0.4 is 11.3 Å². The van der Waals surface area contributed by atoms with Gasteiger partial charge in [-0.05, 0) is 14.0 Å². The molecule has 1 aliphatic heterocycles. The first kappa shape index (κ1) is 13.2. The Labute approximate surface area is 97.4 Å². The first-order valence-electron chi connectivity index (χ1n) is 5.64. The third kappa shape index (κ3) is 3.96. The molecule has 3 N–H and O–H groups in total. The molecule has 0 aromatic rings. The van der Waals surface area contributed by atoms with Gasteiger partial charge >= 0.3 is 0 Å². The molecular weight excluding hydrogens is 206 g/mol. The smallest absolute Gasteiger partial charge is 0.208 e. The number of nitrogens with zero attached hydrogens (tertiary/aromatic N) is 3. The van der Waals surface area contributed by atoms with Crippen molar-refractivity contribution >= 4 is 5.96 Å². The van der Waals surface area contributed by atoms with E-state index in [1.165, 1.54) is 0 Å². The van der Waals surface area contributed by atoms with E-state index in [4.69, 9.17) is 10.6 Å². The number of hydrogen-bond acceptors (Lipinski definition) is 4. The lowest BCUT2D eigenvalue weighted by atomic mass is 10.3. The zero-order valence-electron chi connectivity index (χ0n) is 10.4. The number of methoxy groups -OCH3 is 1. The van der Waals surface area contributed by atoms with E-state index in [-0.39, 0.29) is 6.04 Å². The van der Waals surface area contributed by atoms with E-state index >= 15 is 0 Å². The number of aliphatic imine (C=N–C) groups is 1. The van der Waals surface area contributed by atoms with Gasteiger partial charge in [-0.25, -0.2) is 10.8 Å². The van der Waals surface area contributed by atoms with Gasteiger partial charge in [0.25, 0.3) is 0 Å². The maximum atomic E-state index is 5.51. The van der Waals surface area contributed by atoms with Gasteiger partial charge in [-0.3, -0.25) is 5.43 Å². The van der Waals surface area contributed by atoms with E-state index in [9.17, 15) is 0 Å². The number of piperazine rings is 1. The van der Waals surface area contributed by atoms with Crippen LogP contribution in [-0.4, -0.2) is 68.7 Å². The second-order valence-electron chi connectivity index (χ2n) is 4.19. The maximum Gasteiger partial charge on any atom is 0.208 e. The molecule has 16 heavy (non-hydrogen) atoms. The van der Waals surface area contributed by atoms with Crippen LogP contribution in [0, 0.1) is 0 Å². The first-order valence-corrected chi connectivity index (χ1v) is 5.64. The summed E-state index contributed by atoms with van der Waals surface area (Å²) in [5.41, 5.74) is 2.68. The molecule has 0 amide bonds. The summed E-state index contributed by atoms with van der Waals surface area (Å²) in [6, 6.07) is 0.121. The topological polar surface area (TPSA) is 66.1 Å². The molecule has 1 rings (SSSR count). The third-order valence-electron chi connectivity index (χ3n) is 2.68. The average molecular weight is 229 g/mol. The summed E-state index contributed by atoms with van der Waals surface area (Å²) in [6.45, 7) is 6.62. The molecule has 0 bridgehead atoms. The molecule has 94 valence electrons. The summed E-state index contributed by atoms with van der Waals surface area (Å²) >= 11 is 0. The van der Waals surface area contributed by atoms with Gasteiger partial charge < -0.3 is 14.5 Å². The lowest BCUT2D eigenvalue weighted by molar-refractivity contribution is 0.182. The molecule has 1 unspecified atom stereocenters. The number of guanidine groups is 1. The number of nitrogens with one attached hydrogen (secondary N) is 1. The highest BCUT2D eigenvalue weighted by Crippen LogP contribution is 2.01. The van der Waals surface area contributed by atoms with E-state index in [0.717, 1.165) is 32.1 Å². The predicted molar refractivity (Wildman–Crippen MR) is 65.2 cm³/mol. The molecule has 0 aromatic carbocycles. The Morgan fingerprint density at radius 3 is 2.56 bits per heavy atom. The highest BCUT2D eigenvalue weighted by Gasteiger charge is 2.17. The third-order valence-corrected chi connectivity index (χ3v) is 2.68. The maximum absolute atomic E-state index is 5.51. The molecular formula is C10H23N5O. The molecule has 0 saturated carbocycles. The molecule has 0 radical (unpaired) electrons. The van der Waals surface area contributed by atoms with Crippen molar-refractivity contribution in [1.82, 2.24) is 15.2 Å². The summed E-state index contributed by atoms with van der Waals surface area (Å²) in [7, 11) is 3.80. The van der Waals surface area contributed by atoms with Gasteiger partial charge in [-0.15, -0.1) is 0 Å². The summed E-state index contributed by atoms with van der Waals surface area (Å²) in [5.74, 6) is 6.27. The first-order chi connectivity index (χ1) is 7.67. The Balaban J connectivity index is 2.52. The van der Waals surface area contributed by atoms with E-state index in [0.29, 0.717) is 6.61 Å². The van der Waals surface area contributed by atoms with Crippen LogP contribution in [0.3, 0.4) is 0 Å². The van der Waals surface area contributed by atoms with Crippen molar-refractivity contribution in [2.45, 2.75) is 13.0 Å². The zero-order chi connectivity index (χ0) is 12.0. The van der Waals surface area contributed by atoms with Crippen molar-refractivity contribution < 1.29 is 4.74 Å². The van der Waals surface area contributed by atoms with Gasteiger partial charge in [-0.1, -0.05) is 0 Å². The van der Waals surface area contributed by atoms with Gasteiger partial charge in [-0.2, -0.15) is 0 Å². The summed E-state index contributed by atoms with van der Waals surface area (Å²) in [5, 5.41) is 0. The summed E-state index contributed by atoms with van der Waals surface area (Å²) < 4.78 is 5.05. The second-order valence-corrected chi connectivity index (χ2v) is 4.19. The van der Waals surface area contributed by atoms with Crippen LogP contribution >= 0.6 is 0 Å². The molecule has 1 fully saturated rings. The number of rotatable bonds is 3. The fraction of sp³-hybridized carbons (Fsp3) is 0.900. The monoisotopic (exact) mass is 229 g/mol. The Bertz CT molecular complexity index is 225. The molecule has 1 aliphatic rings. The van der Waals surface area contributed by atoms with Crippen LogP contribution in [0.15, 0.2) is 4.99 Å². The Morgan fingerprint density at radius 1 is 1.44 bits per heavy atom. The van der Waals surface area contributed by atoms with Crippen molar-refractivity contribution in [2.24, 2.45) is 10.8 Å². The van der Waals surface area contributed by atoms with Crippen LogP contribution in [0.25, 0.3) is 0 Å². The number of nitrogens with two attached hydrogens (primary N) is 1. The van der Waals surface area contributed by atoms with Crippen LogP contribution in [0.5, 0.6) is 0 Å². The molecule has 1 heterocycles. The van der Waals surface area contributed by atoms with Crippen LogP contribution in [0.4, 0.5) is 0 Å². The summed E-state index contributed by atoms with van der Waals surface area (Å²) in [4.78, 5) is 8.96. The van der Waals surface area contributed by atoms with Crippen LogP contribution in [0.2, 0.25) is 0 Å². The minimum atomic E-state index is 0.121. The molecule has 0 aromatic heterocycles. The number of hydrazine groups is 1. The van der Waals surface area contributed by atoms with E-state index in [1.54, 1.807) is 7.11 Å².